The van der Waals surface area contributed by atoms with Gasteiger partial charge in [-0.25, -0.2) is 9.78 Å². The maximum Gasteiger partial charge on any atom is 0.407 e. The lowest BCUT2D eigenvalue weighted by atomic mass is 9.82. The number of aromatic nitrogens is 1. The third kappa shape index (κ3) is 5.40. The van der Waals surface area contributed by atoms with E-state index >= 15 is 0 Å². The summed E-state index contributed by atoms with van der Waals surface area (Å²) < 4.78 is 0. The Morgan fingerprint density at radius 1 is 1.25 bits per heavy atom. The van der Waals surface area contributed by atoms with Gasteiger partial charge in [0.25, 0.3) is 0 Å². The fourth-order valence-electron chi connectivity index (χ4n) is 4.60. The molecule has 3 rings (SSSR count). The largest absolute Gasteiger partial charge is 0.465 e. The van der Waals surface area contributed by atoms with Crippen LogP contribution >= 0.6 is 11.6 Å². The number of pyridine rings is 1. The number of piperazine rings is 1. The van der Waals surface area contributed by atoms with Gasteiger partial charge in [0.2, 0.25) is 5.91 Å². The highest BCUT2D eigenvalue weighted by atomic mass is 35.5. The number of nitro groups is 1. The first-order valence-electron chi connectivity index (χ1n) is 10.8. The summed E-state index contributed by atoms with van der Waals surface area (Å²) in [7, 11) is 0. The molecule has 2 heterocycles. The summed E-state index contributed by atoms with van der Waals surface area (Å²) in [5, 5.41) is 24.1. The number of anilines is 1. The second kappa shape index (κ2) is 9.48. The number of nitrogens with zero attached hydrogens (tertiary/aromatic N) is 4. The van der Waals surface area contributed by atoms with Crippen molar-refractivity contribution in [3.05, 3.63) is 27.5 Å². The molecule has 2 N–H and O–H groups in total. The summed E-state index contributed by atoms with van der Waals surface area (Å²) in [5.74, 6) is -0.0539. The van der Waals surface area contributed by atoms with Crippen LogP contribution < -0.4 is 5.32 Å². The molecule has 1 aromatic rings. The Kier molecular flexibility index (Phi) is 7.12. The van der Waals surface area contributed by atoms with E-state index in [0.717, 1.165) is 6.20 Å². The Hall–Kier alpha value is -2.62. The van der Waals surface area contributed by atoms with Crippen molar-refractivity contribution in [1.82, 2.24) is 14.8 Å². The standard InChI is InChI=1S/C21H30ClN5O5/c1-21(2,3)17-12-25(8-9-26(17)20(29)30)19(28)13-4-6-14(7-5-13)24-15-10-18(22)23-11-16(15)27(31)32/h10-11,13-14,17H,4-9,12H2,1-3H3,(H,23,24)(H,29,30)/t13-,14+,17?. The van der Waals surface area contributed by atoms with Gasteiger partial charge in [0.1, 0.15) is 17.0 Å². The molecule has 0 aromatic carbocycles. The molecule has 2 aliphatic rings. The van der Waals surface area contributed by atoms with Gasteiger partial charge in [0, 0.05) is 37.7 Å². The molecule has 2 fully saturated rings. The summed E-state index contributed by atoms with van der Waals surface area (Å²) >= 11 is 5.90. The minimum absolute atomic E-state index is 0.00222. The quantitative estimate of drug-likeness (QED) is 0.390. The summed E-state index contributed by atoms with van der Waals surface area (Å²) in [6.45, 7) is 7.08. The maximum absolute atomic E-state index is 13.2. The molecular formula is C21H30ClN5O5. The molecule has 1 saturated carbocycles. The molecule has 0 radical (unpaired) electrons. The van der Waals surface area contributed by atoms with Crippen LogP contribution in [0.2, 0.25) is 5.15 Å². The summed E-state index contributed by atoms with van der Waals surface area (Å²) in [5.41, 5.74) is -0.0703. The Bertz CT molecular complexity index is 882. The fourth-order valence-corrected chi connectivity index (χ4v) is 4.76. The third-order valence-corrected chi connectivity index (χ3v) is 6.63. The highest BCUT2D eigenvalue weighted by Crippen LogP contribution is 2.33. The summed E-state index contributed by atoms with van der Waals surface area (Å²) in [6, 6.07) is 1.20. The number of hydrogen-bond acceptors (Lipinski definition) is 6. The zero-order valence-electron chi connectivity index (χ0n) is 18.6. The van der Waals surface area contributed by atoms with Crippen molar-refractivity contribution in [3.8, 4) is 0 Å². The first-order valence-corrected chi connectivity index (χ1v) is 11.2. The molecule has 10 nitrogen and oxygen atoms in total. The van der Waals surface area contributed by atoms with Crippen molar-refractivity contribution >= 4 is 35.0 Å². The normalized spacial score (nSPS) is 24.2. The van der Waals surface area contributed by atoms with Crippen LogP contribution in [0.3, 0.4) is 0 Å². The highest BCUT2D eigenvalue weighted by molar-refractivity contribution is 6.29. The average Bonchev–Trinajstić information content (AvgIpc) is 2.72. The number of carboxylic acid groups (broad SMARTS) is 1. The van der Waals surface area contributed by atoms with Crippen molar-refractivity contribution in [2.75, 3.05) is 25.0 Å². The van der Waals surface area contributed by atoms with E-state index in [-0.39, 0.29) is 40.2 Å². The first kappa shape index (κ1) is 24.0. The summed E-state index contributed by atoms with van der Waals surface area (Å²) in [4.78, 5) is 42.6. The van der Waals surface area contributed by atoms with Gasteiger partial charge < -0.3 is 20.2 Å². The van der Waals surface area contributed by atoms with Crippen molar-refractivity contribution < 1.29 is 19.6 Å². The number of carbonyl (C=O) groups excluding carboxylic acids is 1. The fraction of sp³-hybridized carbons (Fsp3) is 0.667. The zero-order valence-corrected chi connectivity index (χ0v) is 19.3. The van der Waals surface area contributed by atoms with Gasteiger partial charge in [0.05, 0.1) is 11.0 Å². The second-order valence-corrected chi connectivity index (χ2v) is 10.0. The van der Waals surface area contributed by atoms with E-state index in [0.29, 0.717) is 51.0 Å². The van der Waals surface area contributed by atoms with Gasteiger partial charge in [-0.3, -0.25) is 14.9 Å². The van der Waals surface area contributed by atoms with E-state index < -0.39 is 11.0 Å². The predicted octanol–water partition coefficient (Wildman–Crippen LogP) is 3.85. The average molecular weight is 468 g/mol. The SMILES string of the molecule is CC(C)(C)C1CN(C(=O)[C@H]2CC[C@@H](Nc3cc(Cl)ncc3[N+](=O)[O-])CC2)CCN1C(=O)O. The van der Waals surface area contributed by atoms with E-state index in [4.69, 9.17) is 11.6 Å². The maximum atomic E-state index is 13.2. The van der Waals surface area contributed by atoms with Gasteiger partial charge in [0.15, 0.2) is 0 Å². The lowest BCUT2D eigenvalue weighted by molar-refractivity contribution is -0.384. The van der Waals surface area contributed by atoms with Gasteiger partial charge >= 0.3 is 11.8 Å². The van der Waals surface area contributed by atoms with Crippen LogP contribution in [0.5, 0.6) is 0 Å². The van der Waals surface area contributed by atoms with Crippen LogP contribution in [0.4, 0.5) is 16.2 Å². The molecule has 1 unspecified atom stereocenters. The van der Waals surface area contributed by atoms with Crippen LogP contribution in [0.25, 0.3) is 0 Å². The molecule has 1 aromatic heterocycles. The van der Waals surface area contributed by atoms with Crippen molar-refractivity contribution in [3.63, 3.8) is 0 Å². The molecule has 2 amide bonds. The lowest BCUT2D eigenvalue weighted by Crippen LogP contribution is -2.61. The summed E-state index contributed by atoms with van der Waals surface area (Å²) in [6.07, 6.45) is 2.93. The lowest BCUT2D eigenvalue weighted by Gasteiger charge is -2.46. The first-order chi connectivity index (χ1) is 15.0. The van der Waals surface area contributed by atoms with Crippen molar-refractivity contribution in [2.24, 2.45) is 11.3 Å². The number of rotatable bonds is 4. The number of hydrogen-bond donors (Lipinski definition) is 2. The zero-order chi connectivity index (χ0) is 23.6. The van der Waals surface area contributed by atoms with Gasteiger partial charge in [-0.2, -0.15) is 0 Å². The number of amides is 2. The number of nitrogens with one attached hydrogen (secondary N) is 1. The molecule has 0 bridgehead atoms. The highest BCUT2D eigenvalue weighted by Gasteiger charge is 2.41. The van der Waals surface area contributed by atoms with Gasteiger partial charge in [-0.15, -0.1) is 0 Å². The topological polar surface area (TPSA) is 129 Å². The predicted molar refractivity (Wildman–Crippen MR) is 120 cm³/mol. The molecule has 1 atom stereocenters. The van der Waals surface area contributed by atoms with E-state index in [9.17, 15) is 24.8 Å². The molecule has 1 aliphatic heterocycles. The Morgan fingerprint density at radius 3 is 2.47 bits per heavy atom. The van der Waals surface area contributed by atoms with E-state index in [1.54, 1.807) is 4.90 Å². The Balaban J connectivity index is 1.60. The number of carbonyl (C=O) groups is 2. The molecule has 32 heavy (non-hydrogen) atoms. The monoisotopic (exact) mass is 467 g/mol. The van der Waals surface area contributed by atoms with Gasteiger partial charge in [-0.05, 0) is 31.1 Å². The Morgan fingerprint density at radius 2 is 1.91 bits per heavy atom. The minimum Gasteiger partial charge on any atom is -0.465 e. The van der Waals surface area contributed by atoms with Crippen LogP contribution in [-0.4, -0.2) is 68.5 Å². The molecular weight excluding hydrogens is 438 g/mol. The minimum atomic E-state index is -0.950. The second-order valence-electron chi connectivity index (χ2n) is 9.62. The third-order valence-electron chi connectivity index (χ3n) is 6.42. The van der Waals surface area contributed by atoms with Crippen LogP contribution in [0.15, 0.2) is 12.3 Å². The molecule has 1 saturated heterocycles. The molecule has 0 spiro atoms. The van der Waals surface area contributed by atoms with Gasteiger partial charge in [-0.1, -0.05) is 32.4 Å². The van der Waals surface area contributed by atoms with Crippen LogP contribution in [0, 0.1) is 21.4 Å². The molecule has 11 heteroatoms. The smallest absolute Gasteiger partial charge is 0.407 e. The van der Waals surface area contributed by atoms with E-state index in [2.05, 4.69) is 10.3 Å². The van der Waals surface area contributed by atoms with Crippen molar-refractivity contribution in [2.45, 2.75) is 58.5 Å². The number of halogens is 1. The van der Waals surface area contributed by atoms with Crippen LogP contribution in [-0.2, 0) is 4.79 Å². The Labute approximate surface area is 192 Å². The van der Waals surface area contributed by atoms with E-state index in [1.807, 2.05) is 20.8 Å². The molecule has 176 valence electrons. The van der Waals surface area contributed by atoms with Crippen LogP contribution in [0.1, 0.15) is 46.5 Å². The van der Waals surface area contributed by atoms with Crippen molar-refractivity contribution in [1.29, 1.82) is 0 Å². The molecule has 1 aliphatic carbocycles. The van der Waals surface area contributed by atoms with E-state index in [1.165, 1.54) is 11.0 Å².